The molecule has 1 fully saturated rings. The maximum Gasteiger partial charge on any atom is 0.228 e. The van der Waals surface area contributed by atoms with Crippen LogP contribution in [0.25, 0.3) is 10.6 Å². The molecule has 2 aromatic rings. The summed E-state index contributed by atoms with van der Waals surface area (Å²) in [6, 6.07) is 2.17. The molecule has 1 saturated carbocycles. The fourth-order valence-electron chi connectivity index (χ4n) is 2.17. The molecular formula is C14H16N2O3S. The van der Waals surface area contributed by atoms with E-state index in [0.717, 1.165) is 29.1 Å². The van der Waals surface area contributed by atoms with Crippen molar-refractivity contribution in [2.45, 2.75) is 25.3 Å². The lowest BCUT2D eigenvalue weighted by molar-refractivity contribution is -0.131. The van der Waals surface area contributed by atoms with Crippen LogP contribution in [0, 0.1) is 0 Å². The Morgan fingerprint density at radius 3 is 3.05 bits per heavy atom. The smallest absolute Gasteiger partial charge is 0.228 e. The van der Waals surface area contributed by atoms with E-state index >= 15 is 0 Å². The van der Waals surface area contributed by atoms with Gasteiger partial charge in [-0.3, -0.25) is 4.79 Å². The molecule has 6 heteroatoms. The molecular weight excluding hydrogens is 276 g/mol. The number of aliphatic hydroxyl groups excluding tert-OH is 1. The maximum atomic E-state index is 12.2. The lowest BCUT2D eigenvalue weighted by atomic mass is 10.3. The molecule has 0 saturated heterocycles. The molecule has 0 atom stereocenters. The van der Waals surface area contributed by atoms with Gasteiger partial charge in [0.25, 0.3) is 0 Å². The zero-order chi connectivity index (χ0) is 13.9. The van der Waals surface area contributed by atoms with Crippen LogP contribution in [-0.4, -0.2) is 40.1 Å². The van der Waals surface area contributed by atoms with Gasteiger partial charge in [0.15, 0.2) is 0 Å². The highest BCUT2D eigenvalue weighted by molar-refractivity contribution is 7.13. The Bertz CT molecular complexity index is 575. The van der Waals surface area contributed by atoms with E-state index in [4.69, 9.17) is 9.52 Å². The molecule has 3 rings (SSSR count). The summed E-state index contributed by atoms with van der Waals surface area (Å²) in [7, 11) is 0. The number of rotatable bonds is 6. The van der Waals surface area contributed by atoms with E-state index in [1.165, 1.54) is 11.3 Å². The first kappa shape index (κ1) is 13.3. The number of thiazole rings is 1. The molecule has 1 N–H and O–H groups in total. The van der Waals surface area contributed by atoms with Crippen molar-refractivity contribution < 1.29 is 14.3 Å². The van der Waals surface area contributed by atoms with E-state index in [2.05, 4.69) is 4.98 Å². The van der Waals surface area contributed by atoms with Crippen molar-refractivity contribution in [3.05, 3.63) is 29.7 Å². The number of furan rings is 1. The third-order valence-corrected chi connectivity index (χ3v) is 4.24. The molecule has 1 amide bonds. The van der Waals surface area contributed by atoms with Crippen LogP contribution < -0.4 is 0 Å². The first-order valence-electron chi connectivity index (χ1n) is 6.65. The van der Waals surface area contributed by atoms with Gasteiger partial charge in [-0.1, -0.05) is 0 Å². The second-order valence-electron chi connectivity index (χ2n) is 4.87. The quantitative estimate of drug-likeness (QED) is 0.883. The number of hydrogen-bond acceptors (Lipinski definition) is 5. The number of aliphatic hydroxyl groups is 1. The number of amides is 1. The molecule has 0 radical (unpaired) electrons. The summed E-state index contributed by atoms with van der Waals surface area (Å²) in [6.45, 7) is 0.432. The van der Waals surface area contributed by atoms with Gasteiger partial charge in [-0.15, -0.1) is 11.3 Å². The van der Waals surface area contributed by atoms with Crippen molar-refractivity contribution in [3.63, 3.8) is 0 Å². The molecule has 0 spiro atoms. The average Bonchev–Trinajstić information content (AvgIpc) is 2.93. The van der Waals surface area contributed by atoms with E-state index in [1.54, 1.807) is 17.4 Å². The van der Waals surface area contributed by atoms with Crippen molar-refractivity contribution in [2.24, 2.45) is 0 Å². The summed E-state index contributed by atoms with van der Waals surface area (Å²) in [4.78, 5) is 18.5. The van der Waals surface area contributed by atoms with Crippen LogP contribution in [0.5, 0.6) is 0 Å². The SMILES string of the molecule is O=C(Cc1csc(-c2ccoc2)n1)N(CCO)C1CC1. The number of nitrogens with zero attached hydrogens (tertiary/aromatic N) is 2. The third kappa shape index (κ3) is 2.91. The van der Waals surface area contributed by atoms with E-state index in [0.29, 0.717) is 19.0 Å². The molecule has 1 aliphatic carbocycles. The van der Waals surface area contributed by atoms with Crippen molar-refractivity contribution in [1.29, 1.82) is 0 Å². The van der Waals surface area contributed by atoms with Gasteiger partial charge in [0.2, 0.25) is 5.91 Å². The van der Waals surface area contributed by atoms with E-state index in [1.807, 2.05) is 11.4 Å². The fourth-order valence-corrected chi connectivity index (χ4v) is 2.97. The first-order valence-corrected chi connectivity index (χ1v) is 7.53. The Kier molecular flexibility index (Phi) is 3.84. The van der Waals surface area contributed by atoms with Gasteiger partial charge in [-0.05, 0) is 18.9 Å². The average molecular weight is 292 g/mol. The summed E-state index contributed by atoms with van der Waals surface area (Å²) in [6.07, 6.45) is 5.64. The Balaban J connectivity index is 1.66. The predicted octanol–water partition coefficient (Wildman–Crippen LogP) is 1.93. The highest BCUT2D eigenvalue weighted by atomic mass is 32.1. The van der Waals surface area contributed by atoms with E-state index < -0.39 is 0 Å². The van der Waals surface area contributed by atoms with Crippen LogP contribution in [0.15, 0.2) is 28.4 Å². The number of hydrogen-bond donors (Lipinski definition) is 1. The molecule has 106 valence electrons. The van der Waals surface area contributed by atoms with Crippen LogP contribution in [0.4, 0.5) is 0 Å². The van der Waals surface area contributed by atoms with Crippen molar-refractivity contribution in [2.75, 3.05) is 13.2 Å². The largest absolute Gasteiger partial charge is 0.472 e. The second-order valence-corrected chi connectivity index (χ2v) is 5.73. The zero-order valence-electron chi connectivity index (χ0n) is 11.0. The number of aromatic nitrogens is 1. The summed E-state index contributed by atoms with van der Waals surface area (Å²) in [5, 5.41) is 11.8. The Labute approximate surface area is 120 Å². The predicted molar refractivity (Wildman–Crippen MR) is 75.3 cm³/mol. The van der Waals surface area contributed by atoms with Gasteiger partial charge >= 0.3 is 0 Å². The molecule has 2 heterocycles. The van der Waals surface area contributed by atoms with Crippen LogP contribution in [0.1, 0.15) is 18.5 Å². The highest BCUT2D eigenvalue weighted by Crippen LogP contribution is 2.28. The monoisotopic (exact) mass is 292 g/mol. The van der Waals surface area contributed by atoms with Crippen LogP contribution >= 0.6 is 11.3 Å². The highest BCUT2D eigenvalue weighted by Gasteiger charge is 2.32. The van der Waals surface area contributed by atoms with Crippen LogP contribution in [0.2, 0.25) is 0 Å². The minimum atomic E-state index is 0.0135. The topological polar surface area (TPSA) is 66.6 Å². The Hall–Kier alpha value is -1.66. The first-order chi connectivity index (χ1) is 9.78. The molecule has 0 aliphatic heterocycles. The van der Waals surface area contributed by atoms with Gasteiger partial charge in [-0.25, -0.2) is 4.98 Å². The van der Waals surface area contributed by atoms with Crippen molar-refractivity contribution >= 4 is 17.2 Å². The Morgan fingerprint density at radius 1 is 1.55 bits per heavy atom. The Morgan fingerprint density at radius 2 is 2.40 bits per heavy atom. The van der Waals surface area contributed by atoms with E-state index in [9.17, 15) is 4.79 Å². The number of carbonyl (C=O) groups excluding carboxylic acids is 1. The molecule has 0 aromatic carbocycles. The normalized spacial score (nSPS) is 14.4. The molecule has 20 heavy (non-hydrogen) atoms. The maximum absolute atomic E-state index is 12.2. The van der Waals surface area contributed by atoms with Gasteiger partial charge in [-0.2, -0.15) is 0 Å². The lowest BCUT2D eigenvalue weighted by Crippen LogP contribution is -2.36. The van der Waals surface area contributed by atoms with Gasteiger partial charge in [0, 0.05) is 23.5 Å². The van der Waals surface area contributed by atoms with Crippen molar-refractivity contribution in [3.8, 4) is 10.6 Å². The lowest BCUT2D eigenvalue weighted by Gasteiger charge is -2.20. The minimum Gasteiger partial charge on any atom is -0.472 e. The molecule has 2 aromatic heterocycles. The number of carbonyl (C=O) groups is 1. The van der Waals surface area contributed by atoms with Gasteiger partial charge in [0.1, 0.15) is 11.3 Å². The van der Waals surface area contributed by atoms with E-state index in [-0.39, 0.29) is 12.5 Å². The van der Waals surface area contributed by atoms with Crippen molar-refractivity contribution in [1.82, 2.24) is 9.88 Å². The zero-order valence-corrected chi connectivity index (χ0v) is 11.8. The van der Waals surface area contributed by atoms with Crippen LogP contribution in [-0.2, 0) is 11.2 Å². The molecule has 0 unspecified atom stereocenters. The molecule has 5 nitrogen and oxygen atoms in total. The summed E-state index contributed by atoms with van der Waals surface area (Å²) in [5.41, 5.74) is 1.71. The minimum absolute atomic E-state index is 0.0135. The molecule has 0 bridgehead atoms. The summed E-state index contributed by atoms with van der Waals surface area (Å²) >= 11 is 1.51. The fraction of sp³-hybridized carbons (Fsp3) is 0.429. The van der Waals surface area contributed by atoms with Gasteiger partial charge < -0.3 is 14.4 Å². The standard InChI is InChI=1S/C14H16N2O3S/c17-5-4-16(12-1-2-12)13(18)7-11-9-20-14(15-11)10-3-6-19-8-10/h3,6,8-9,12,17H,1-2,4-5,7H2. The van der Waals surface area contributed by atoms with Gasteiger partial charge in [0.05, 0.1) is 25.0 Å². The summed E-state index contributed by atoms with van der Waals surface area (Å²) < 4.78 is 5.03. The third-order valence-electron chi connectivity index (χ3n) is 3.30. The molecule has 1 aliphatic rings. The summed E-state index contributed by atoms with van der Waals surface area (Å²) in [5.74, 6) is 0.0468. The second kappa shape index (κ2) is 5.76. The van der Waals surface area contributed by atoms with Crippen LogP contribution in [0.3, 0.4) is 0 Å².